The molecule has 0 bridgehead atoms. The van der Waals surface area contributed by atoms with E-state index in [1.165, 1.54) is 24.3 Å². The molecule has 0 aromatic heterocycles. The van der Waals surface area contributed by atoms with Gasteiger partial charge >= 0.3 is 5.97 Å². The van der Waals surface area contributed by atoms with Crippen molar-refractivity contribution in [2.75, 3.05) is 17.7 Å². The maximum Gasteiger partial charge on any atom is 0.338 e. The van der Waals surface area contributed by atoms with Crippen LogP contribution in [0.5, 0.6) is 0 Å². The zero-order valence-corrected chi connectivity index (χ0v) is 14.5. The highest BCUT2D eigenvalue weighted by atomic mass is 32.2. The first-order valence-electron chi connectivity index (χ1n) is 7.48. The van der Waals surface area contributed by atoms with E-state index in [0.29, 0.717) is 12.1 Å². The minimum Gasteiger partial charge on any atom is -0.462 e. The first kappa shape index (κ1) is 19.5. The Balaban J connectivity index is 2.08. The van der Waals surface area contributed by atoms with Crippen LogP contribution >= 0.6 is 0 Å². The van der Waals surface area contributed by atoms with Gasteiger partial charge in [0.05, 0.1) is 12.2 Å². The van der Waals surface area contributed by atoms with Gasteiger partial charge in [0.1, 0.15) is 22.3 Å². The van der Waals surface area contributed by atoms with Crippen molar-refractivity contribution in [3.05, 3.63) is 59.7 Å². The summed E-state index contributed by atoms with van der Waals surface area (Å²) >= 11 is 0. The van der Waals surface area contributed by atoms with Gasteiger partial charge in [-0.25, -0.2) is 22.0 Å². The molecular weight excluding hydrogens is 368 g/mol. The third kappa shape index (κ3) is 4.85. The highest BCUT2D eigenvalue weighted by Gasteiger charge is 2.23. The molecular formula is C17H15F2NO5S. The van der Waals surface area contributed by atoms with Crippen molar-refractivity contribution >= 4 is 27.4 Å². The van der Waals surface area contributed by atoms with E-state index in [-0.39, 0.29) is 17.9 Å². The zero-order valence-electron chi connectivity index (χ0n) is 13.7. The minimum atomic E-state index is -4.36. The molecule has 0 saturated carbocycles. The lowest BCUT2D eigenvalue weighted by Crippen LogP contribution is -2.23. The first-order valence-corrected chi connectivity index (χ1v) is 9.13. The minimum absolute atomic E-state index is 0.214. The van der Waals surface area contributed by atoms with Crippen molar-refractivity contribution in [3.8, 4) is 0 Å². The topological polar surface area (TPSA) is 89.5 Å². The van der Waals surface area contributed by atoms with Crippen LogP contribution < -0.4 is 5.32 Å². The van der Waals surface area contributed by atoms with Gasteiger partial charge in [0, 0.05) is 5.69 Å². The van der Waals surface area contributed by atoms with E-state index >= 15 is 0 Å². The number of benzene rings is 2. The molecule has 0 unspecified atom stereocenters. The van der Waals surface area contributed by atoms with Crippen LogP contribution in [0.2, 0.25) is 0 Å². The van der Waals surface area contributed by atoms with Crippen LogP contribution in [0.4, 0.5) is 14.5 Å². The Labute approximate surface area is 148 Å². The molecule has 0 aliphatic rings. The normalized spacial score (nSPS) is 11.0. The summed E-state index contributed by atoms with van der Waals surface area (Å²) in [6.07, 6.45) is 0. The van der Waals surface area contributed by atoms with Gasteiger partial charge in [-0.3, -0.25) is 4.79 Å². The van der Waals surface area contributed by atoms with Crippen LogP contribution in [0.1, 0.15) is 17.3 Å². The Hall–Kier alpha value is -2.81. The lowest BCUT2D eigenvalue weighted by atomic mass is 10.2. The zero-order chi connectivity index (χ0) is 19.3. The maximum absolute atomic E-state index is 13.6. The number of esters is 1. The van der Waals surface area contributed by atoms with Gasteiger partial charge < -0.3 is 10.1 Å². The third-order valence-electron chi connectivity index (χ3n) is 3.23. The fourth-order valence-electron chi connectivity index (χ4n) is 2.07. The predicted octanol–water partition coefficient (Wildman–Crippen LogP) is 2.55. The largest absolute Gasteiger partial charge is 0.462 e. The van der Waals surface area contributed by atoms with Crippen LogP contribution in [0, 0.1) is 11.6 Å². The van der Waals surface area contributed by atoms with Crippen LogP contribution in [0.3, 0.4) is 0 Å². The maximum atomic E-state index is 13.6. The second kappa shape index (κ2) is 8.05. The van der Waals surface area contributed by atoms with E-state index in [4.69, 9.17) is 4.74 Å². The number of rotatable bonds is 6. The van der Waals surface area contributed by atoms with E-state index in [0.717, 1.165) is 6.07 Å². The van der Waals surface area contributed by atoms with Crippen LogP contribution in [0.25, 0.3) is 0 Å². The number of anilines is 1. The molecule has 1 N–H and O–H groups in total. The molecule has 0 atom stereocenters. The molecule has 2 aromatic rings. The lowest BCUT2D eigenvalue weighted by molar-refractivity contribution is -0.113. The summed E-state index contributed by atoms with van der Waals surface area (Å²) in [5, 5.41) is 2.31. The van der Waals surface area contributed by atoms with Gasteiger partial charge in [0.2, 0.25) is 5.91 Å². The average molecular weight is 383 g/mol. The number of hydrogen-bond acceptors (Lipinski definition) is 5. The molecule has 0 spiro atoms. The highest BCUT2D eigenvalue weighted by molar-refractivity contribution is 7.92. The monoisotopic (exact) mass is 383 g/mol. The molecule has 0 aliphatic heterocycles. The number of hydrogen-bond donors (Lipinski definition) is 1. The summed E-state index contributed by atoms with van der Waals surface area (Å²) in [6.45, 7) is 1.88. The second-order valence-electron chi connectivity index (χ2n) is 5.18. The van der Waals surface area contributed by atoms with Gasteiger partial charge in [-0.2, -0.15) is 0 Å². The smallest absolute Gasteiger partial charge is 0.338 e. The van der Waals surface area contributed by atoms with E-state index < -0.39 is 44.0 Å². The van der Waals surface area contributed by atoms with Gasteiger partial charge in [-0.1, -0.05) is 0 Å². The van der Waals surface area contributed by atoms with Crippen molar-refractivity contribution in [2.45, 2.75) is 11.8 Å². The fraction of sp³-hybridized carbons (Fsp3) is 0.176. The van der Waals surface area contributed by atoms with Crippen molar-refractivity contribution in [3.63, 3.8) is 0 Å². The first-order chi connectivity index (χ1) is 12.2. The van der Waals surface area contributed by atoms with E-state index in [2.05, 4.69) is 5.32 Å². The SMILES string of the molecule is CCOC(=O)c1ccc(NC(=O)CS(=O)(=O)c2cc(F)ccc2F)cc1. The Kier molecular flexibility index (Phi) is 6.04. The summed E-state index contributed by atoms with van der Waals surface area (Å²) in [6, 6.07) is 7.54. The Morgan fingerprint density at radius 1 is 1.08 bits per heavy atom. The second-order valence-corrected chi connectivity index (χ2v) is 7.14. The van der Waals surface area contributed by atoms with Crippen molar-refractivity contribution in [1.82, 2.24) is 0 Å². The Morgan fingerprint density at radius 3 is 2.35 bits per heavy atom. The molecule has 1 amide bonds. The number of sulfone groups is 1. The molecule has 0 fully saturated rings. The molecule has 9 heteroatoms. The average Bonchev–Trinajstić information content (AvgIpc) is 2.57. The molecule has 0 radical (unpaired) electrons. The van der Waals surface area contributed by atoms with Crippen LogP contribution in [-0.4, -0.2) is 32.7 Å². The summed E-state index contributed by atoms with van der Waals surface area (Å²) < 4.78 is 55.8. The molecule has 2 aromatic carbocycles. The van der Waals surface area contributed by atoms with Gasteiger partial charge in [0.15, 0.2) is 9.84 Å². The summed E-state index contributed by atoms with van der Waals surface area (Å²) in [5.74, 6) is -4.60. The van der Waals surface area contributed by atoms with E-state index in [9.17, 15) is 26.8 Å². The Bertz CT molecular complexity index is 927. The highest BCUT2D eigenvalue weighted by Crippen LogP contribution is 2.18. The third-order valence-corrected chi connectivity index (χ3v) is 4.85. The van der Waals surface area contributed by atoms with Crippen LogP contribution in [0.15, 0.2) is 47.4 Å². The number of nitrogens with one attached hydrogen (secondary N) is 1. The van der Waals surface area contributed by atoms with Crippen molar-refractivity contribution < 1.29 is 31.5 Å². The van der Waals surface area contributed by atoms with Crippen LogP contribution in [-0.2, 0) is 19.4 Å². The molecule has 0 saturated heterocycles. The number of carbonyl (C=O) groups excluding carboxylic acids is 2. The number of halogens is 2. The van der Waals surface area contributed by atoms with Crippen molar-refractivity contribution in [2.24, 2.45) is 0 Å². The van der Waals surface area contributed by atoms with Crippen molar-refractivity contribution in [1.29, 1.82) is 0 Å². The molecule has 138 valence electrons. The number of ether oxygens (including phenoxy) is 1. The number of amides is 1. The lowest BCUT2D eigenvalue weighted by Gasteiger charge is -2.08. The van der Waals surface area contributed by atoms with Gasteiger partial charge in [0.25, 0.3) is 0 Å². The predicted molar refractivity (Wildman–Crippen MR) is 89.4 cm³/mol. The van der Waals surface area contributed by atoms with E-state index in [1.807, 2.05) is 0 Å². The van der Waals surface area contributed by atoms with Gasteiger partial charge in [-0.15, -0.1) is 0 Å². The van der Waals surface area contributed by atoms with E-state index in [1.54, 1.807) is 6.92 Å². The molecule has 2 rings (SSSR count). The summed E-state index contributed by atoms with van der Waals surface area (Å²) in [7, 11) is -4.36. The quantitative estimate of drug-likeness (QED) is 0.775. The molecule has 0 heterocycles. The molecule has 26 heavy (non-hydrogen) atoms. The van der Waals surface area contributed by atoms with Gasteiger partial charge in [-0.05, 0) is 49.4 Å². The molecule has 0 aliphatic carbocycles. The summed E-state index contributed by atoms with van der Waals surface area (Å²) in [5.41, 5.74) is 0.497. The fourth-order valence-corrected chi connectivity index (χ4v) is 3.30. The summed E-state index contributed by atoms with van der Waals surface area (Å²) in [4.78, 5) is 22.6. The Morgan fingerprint density at radius 2 is 1.73 bits per heavy atom. The molecule has 6 nitrogen and oxygen atoms in total. The number of carbonyl (C=O) groups is 2. The standard InChI is InChI=1S/C17H15F2NO5S/c1-2-25-17(22)11-3-6-13(7-4-11)20-16(21)10-26(23,24)15-9-12(18)5-8-14(15)19/h3-9H,2,10H2,1H3,(H,20,21).